The molecule has 6 aliphatic heterocycles. The fourth-order valence-corrected chi connectivity index (χ4v) is 12.2. The standard InChI is InChI=1S/C60H61N17O2/c1-4-70-15-11-41(12-16-70)46-24-52(59-48(27-62)31-68-77(59)37-46)53-32-65-55(33-63-53)74-38-49-25-50(39-74)75(49)35-44-7-10-57(79-3)69-60(44)73-17-13-42(14-18-73)45-23-51(58-47(26-61)30-67-76(58)36-45)43-6-8-54(64-29-43)72-21-19-71(20-22-72)34-40-5-9-56(78-2)66-28-40/h5-11,13,23-24,28-33,36-37,49-50H,4,12,14-22,25,34-35,38-39H2,1-3H3. The molecule has 19 nitrogen and oxygen atoms in total. The van der Waals surface area contributed by atoms with Crippen molar-refractivity contribution in [3.8, 4) is 46.3 Å². The van der Waals surface area contributed by atoms with Crippen molar-refractivity contribution in [1.29, 1.82) is 10.5 Å². The van der Waals surface area contributed by atoms with Crippen LogP contribution in [0, 0.1) is 22.7 Å². The Morgan fingerprint density at radius 3 is 1.90 bits per heavy atom. The van der Waals surface area contributed by atoms with Crippen molar-refractivity contribution >= 4 is 39.6 Å². The zero-order valence-corrected chi connectivity index (χ0v) is 44.8. The Kier molecular flexibility index (Phi) is 13.4. The van der Waals surface area contributed by atoms with Crippen molar-refractivity contribution in [1.82, 2.24) is 58.8 Å². The number of anilines is 3. The first-order valence-electron chi connectivity index (χ1n) is 27.3. The summed E-state index contributed by atoms with van der Waals surface area (Å²) in [5.74, 6) is 3.96. The van der Waals surface area contributed by atoms with Gasteiger partial charge in [-0.15, -0.1) is 0 Å². The van der Waals surface area contributed by atoms with Gasteiger partial charge in [-0.25, -0.2) is 24.0 Å². The molecule has 2 unspecified atom stereocenters. The summed E-state index contributed by atoms with van der Waals surface area (Å²) in [6, 6.07) is 22.1. The molecule has 6 aliphatic rings. The third kappa shape index (κ3) is 9.64. The van der Waals surface area contributed by atoms with Gasteiger partial charge in [-0.3, -0.25) is 19.7 Å². The molecule has 0 spiro atoms. The van der Waals surface area contributed by atoms with Crippen LogP contribution in [-0.2, 0) is 13.1 Å². The Bertz CT molecular complexity index is 3700. The minimum Gasteiger partial charge on any atom is -0.481 e. The monoisotopic (exact) mass is 1050 g/mol. The number of piperazine rings is 2. The van der Waals surface area contributed by atoms with Crippen LogP contribution >= 0.6 is 0 Å². The summed E-state index contributed by atoms with van der Waals surface area (Å²) in [6.07, 6.45) is 22.4. The van der Waals surface area contributed by atoms with Crippen molar-refractivity contribution in [3.05, 3.63) is 144 Å². The highest BCUT2D eigenvalue weighted by molar-refractivity contribution is 5.88. The predicted molar refractivity (Wildman–Crippen MR) is 303 cm³/mol. The number of aromatic nitrogens is 9. The van der Waals surface area contributed by atoms with Crippen LogP contribution in [0.1, 0.15) is 59.6 Å². The molecule has 8 aromatic rings. The lowest BCUT2D eigenvalue weighted by Crippen LogP contribution is -2.68. The molecule has 4 saturated heterocycles. The summed E-state index contributed by atoms with van der Waals surface area (Å²) < 4.78 is 14.6. The first kappa shape index (κ1) is 49.8. The van der Waals surface area contributed by atoms with Gasteiger partial charge in [0.15, 0.2) is 0 Å². The fourth-order valence-electron chi connectivity index (χ4n) is 12.2. The van der Waals surface area contributed by atoms with Crippen LogP contribution in [-0.4, -0.2) is 157 Å². The van der Waals surface area contributed by atoms with E-state index in [2.05, 4.69) is 112 Å². The van der Waals surface area contributed by atoms with Gasteiger partial charge in [0.05, 0.1) is 66.9 Å². The number of ether oxygens (including phenoxy) is 2. The number of rotatable bonds is 14. The van der Waals surface area contributed by atoms with E-state index in [4.69, 9.17) is 29.4 Å². The minimum absolute atomic E-state index is 0.362. The molecule has 2 bridgehead atoms. The van der Waals surface area contributed by atoms with Crippen LogP contribution in [0.15, 0.2) is 110 Å². The Balaban J connectivity index is 0.680. The van der Waals surface area contributed by atoms with E-state index < -0.39 is 0 Å². The Labute approximate surface area is 458 Å². The van der Waals surface area contributed by atoms with Crippen LogP contribution in [0.25, 0.3) is 44.6 Å². The van der Waals surface area contributed by atoms with Crippen LogP contribution in [0.3, 0.4) is 0 Å². The summed E-state index contributed by atoms with van der Waals surface area (Å²) >= 11 is 0. The lowest BCUT2D eigenvalue weighted by atomic mass is 9.86. The zero-order valence-electron chi connectivity index (χ0n) is 44.8. The molecule has 4 fully saturated rings. The smallest absolute Gasteiger partial charge is 0.214 e. The SMILES string of the molecule is CCN1CC=C(c2cc(-c3cnc(N4CC5CC(C4)N5Cc4ccc(OC)nc4N4CC=C(c5cc(-c6ccc(N7CCN(Cc8ccc(OC)nc8)CC7)nc6)c6c(C#N)cnn6c5)CC4)cn3)c3c(C#N)cnn3c2)CC1. The third-order valence-corrected chi connectivity index (χ3v) is 16.7. The molecule has 0 aromatic carbocycles. The Morgan fingerprint density at radius 1 is 0.595 bits per heavy atom. The van der Waals surface area contributed by atoms with Gasteiger partial charge in [0.2, 0.25) is 11.8 Å². The number of likely N-dealkylation sites (N-methyl/N-ethyl adjacent to an activating group) is 1. The van der Waals surface area contributed by atoms with Gasteiger partial charge in [0.25, 0.3) is 0 Å². The van der Waals surface area contributed by atoms with Crippen molar-refractivity contribution in [2.24, 2.45) is 0 Å². The average molecular weight is 1050 g/mol. The molecule has 8 aromatic heterocycles. The largest absolute Gasteiger partial charge is 0.481 e. The van der Waals surface area contributed by atoms with Crippen molar-refractivity contribution in [2.45, 2.75) is 51.4 Å². The maximum Gasteiger partial charge on any atom is 0.214 e. The quantitative estimate of drug-likeness (QED) is 0.106. The second-order valence-corrected chi connectivity index (χ2v) is 21.1. The van der Waals surface area contributed by atoms with Gasteiger partial charge in [-0.2, -0.15) is 25.7 Å². The number of fused-ring (bicyclic) bond motifs is 4. The van der Waals surface area contributed by atoms with Gasteiger partial charge < -0.3 is 24.2 Å². The van der Waals surface area contributed by atoms with Crippen molar-refractivity contribution < 1.29 is 9.47 Å². The minimum atomic E-state index is 0.362. The molecule has 2 atom stereocenters. The molecule has 0 aliphatic carbocycles. The predicted octanol–water partition coefficient (Wildman–Crippen LogP) is 7.24. The van der Waals surface area contributed by atoms with E-state index in [0.717, 1.165) is 160 Å². The van der Waals surface area contributed by atoms with Crippen LogP contribution in [0.4, 0.5) is 17.5 Å². The van der Waals surface area contributed by atoms with Crippen LogP contribution in [0.5, 0.6) is 11.8 Å². The van der Waals surface area contributed by atoms with Gasteiger partial charge in [-0.05, 0) is 84.0 Å². The lowest BCUT2D eigenvalue weighted by molar-refractivity contribution is -0.00867. The van der Waals surface area contributed by atoms with Crippen molar-refractivity contribution in [2.75, 3.05) is 101 Å². The fraction of sp³-hybridized carbons (Fsp3) is 0.350. The summed E-state index contributed by atoms with van der Waals surface area (Å²) in [4.78, 5) is 39.0. The first-order valence-corrected chi connectivity index (χ1v) is 27.3. The van der Waals surface area contributed by atoms with E-state index in [9.17, 15) is 10.5 Å². The highest BCUT2D eigenvalue weighted by Crippen LogP contribution is 2.39. The van der Waals surface area contributed by atoms with Gasteiger partial charge in [0, 0.05) is 150 Å². The Morgan fingerprint density at radius 2 is 1.29 bits per heavy atom. The molecule has 79 heavy (non-hydrogen) atoms. The molecular weight excluding hydrogens is 991 g/mol. The molecule has 19 heteroatoms. The molecule has 0 saturated carbocycles. The van der Waals surface area contributed by atoms with Gasteiger partial charge in [-0.1, -0.05) is 25.1 Å². The molecule has 0 N–H and O–H groups in total. The normalized spacial score (nSPS) is 19.0. The van der Waals surface area contributed by atoms with Crippen LogP contribution in [0.2, 0.25) is 0 Å². The summed E-state index contributed by atoms with van der Waals surface area (Å²) in [5, 5.41) is 29.4. The third-order valence-electron chi connectivity index (χ3n) is 16.7. The summed E-state index contributed by atoms with van der Waals surface area (Å²) in [5.41, 5.74) is 13.0. The molecule has 14 rings (SSSR count). The second-order valence-electron chi connectivity index (χ2n) is 21.1. The van der Waals surface area contributed by atoms with E-state index >= 15 is 0 Å². The number of pyridine rings is 5. The average Bonchev–Trinajstić information content (AvgIpc) is 4.22. The highest BCUT2D eigenvalue weighted by Gasteiger charge is 2.45. The molecule has 0 radical (unpaired) electrons. The molecule has 14 heterocycles. The number of hydrogen-bond acceptors (Lipinski definition) is 17. The summed E-state index contributed by atoms with van der Waals surface area (Å²) in [6.45, 7) is 13.5. The van der Waals surface area contributed by atoms with Crippen molar-refractivity contribution in [3.63, 3.8) is 0 Å². The lowest BCUT2D eigenvalue weighted by Gasteiger charge is -2.56. The number of hydrogen-bond donors (Lipinski definition) is 0. The number of methoxy groups -OCH3 is 2. The van der Waals surface area contributed by atoms with E-state index in [1.165, 1.54) is 22.3 Å². The maximum atomic E-state index is 10.2. The van der Waals surface area contributed by atoms with Crippen LogP contribution < -0.4 is 24.2 Å². The molecule has 398 valence electrons. The topological polar surface area (TPSA) is 185 Å². The van der Waals surface area contributed by atoms with E-state index in [-0.39, 0.29) is 0 Å². The molecular formula is C60H61N17O2. The van der Waals surface area contributed by atoms with E-state index in [1.54, 1.807) is 26.6 Å². The van der Waals surface area contributed by atoms with Gasteiger partial charge >= 0.3 is 0 Å². The number of nitriles is 2. The summed E-state index contributed by atoms with van der Waals surface area (Å²) in [7, 11) is 3.31. The molecule has 0 amide bonds. The zero-order chi connectivity index (χ0) is 53.6. The number of piperidine rings is 1. The van der Waals surface area contributed by atoms with E-state index in [0.29, 0.717) is 41.5 Å². The highest BCUT2D eigenvalue weighted by atomic mass is 16.5. The Hall–Kier alpha value is -8.75. The van der Waals surface area contributed by atoms with E-state index in [1.807, 2.05) is 58.3 Å². The van der Waals surface area contributed by atoms with Gasteiger partial charge in [0.1, 0.15) is 29.6 Å². The second kappa shape index (κ2) is 21.2. The first-order chi connectivity index (χ1) is 38.8. The maximum absolute atomic E-state index is 10.2. The number of nitrogens with zero attached hydrogens (tertiary/aromatic N) is 17.